The monoisotopic (exact) mass is 261 g/mol. The maximum atomic E-state index is 12.9. The zero-order valence-corrected chi connectivity index (χ0v) is 11.7. The van der Waals surface area contributed by atoms with Crippen LogP contribution in [-0.4, -0.2) is 16.8 Å². The molecule has 19 heavy (non-hydrogen) atoms. The van der Waals surface area contributed by atoms with Gasteiger partial charge < -0.3 is 5.32 Å². The number of halogens is 1. The summed E-state index contributed by atoms with van der Waals surface area (Å²) in [6, 6.07) is 6.88. The maximum Gasteiger partial charge on any atom is 0.123 e. The van der Waals surface area contributed by atoms with Crippen LogP contribution in [0.15, 0.2) is 30.5 Å². The maximum absolute atomic E-state index is 12.9. The number of rotatable bonds is 5. The van der Waals surface area contributed by atoms with Gasteiger partial charge in [-0.15, -0.1) is 0 Å². The van der Waals surface area contributed by atoms with Crippen LogP contribution in [0.25, 0.3) is 0 Å². The Morgan fingerprint density at radius 3 is 2.58 bits per heavy atom. The predicted molar refractivity (Wildman–Crippen MR) is 74.5 cm³/mol. The van der Waals surface area contributed by atoms with Gasteiger partial charge in [0.05, 0.1) is 5.69 Å². The SMILES string of the molecule is CCc1nn(C)cc1C(Cc1ccc(F)cc1)NC. The lowest BCUT2D eigenvalue weighted by atomic mass is 9.98. The van der Waals surface area contributed by atoms with Crippen molar-refractivity contribution in [1.82, 2.24) is 15.1 Å². The van der Waals surface area contributed by atoms with Crippen LogP contribution in [-0.2, 0) is 19.9 Å². The van der Waals surface area contributed by atoms with E-state index in [9.17, 15) is 4.39 Å². The van der Waals surface area contributed by atoms with Crippen LogP contribution in [0.1, 0.15) is 29.8 Å². The highest BCUT2D eigenvalue weighted by atomic mass is 19.1. The largest absolute Gasteiger partial charge is 0.313 e. The molecular formula is C15H20FN3. The summed E-state index contributed by atoms with van der Waals surface area (Å²) < 4.78 is 14.8. The lowest BCUT2D eigenvalue weighted by Crippen LogP contribution is -2.19. The molecule has 1 atom stereocenters. The third-order valence-corrected chi connectivity index (χ3v) is 3.35. The van der Waals surface area contributed by atoms with Crippen molar-refractivity contribution in [1.29, 1.82) is 0 Å². The van der Waals surface area contributed by atoms with E-state index in [4.69, 9.17) is 0 Å². The molecule has 0 aliphatic carbocycles. The average molecular weight is 261 g/mol. The van der Waals surface area contributed by atoms with Crippen molar-refractivity contribution in [2.45, 2.75) is 25.8 Å². The summed E-state index contributed by atoms with van der Waals surface area (Å²) in [6.07, 6.45) is 3.80. The molecule has 1 aromatic heterocycles. The second kappa shape index (κ2) is 5.97. The van der Waals surface area contributed by atoms with Crippen LogP contribution in [0.2, 0.25) is 0 Å². The minimum absolute atomic E-state index is 0.194. The number of nitrogens with zero attached hydrogens (tertiary/aromatic N) is 2. The fraction of sp³-hybridized carbons (Fsp3) is 0.400. The predicted octanol–water partition coefficient (Wildman–Crippen LogP) is 2.62. The minimum Gasteiger partial charge on any atom is -0.313 e. The summed E-state index contributed by atoms with van der Waals surface area (Å²) in [7, 11) is 3.88. The number of likely N-dealkylation sites (N-methyl/N-ethyl adjacent to an activating group) is 1. The van der Waals surface area contributed by atoms with Crippen molar-refractivity contribution >= 4 is 0 Å². The molecule has 3 nitrogen and oxygen atoms in total. The first kappa shape index (κ1) is 13.7. The van der Waals surface area contributed by atoms with Crippen molar-refractivity contribution in [3.63, 3.8) is 0 Å². The first-order valence-corrected chi connectivity index (χ1v) is 6.58. The average Bonchev–Trinajstić information content (AvgIpc) is 2.79. The van der Waals surface area contributed by atoms with E-state index >= 15 is 0 Å². The molecule has 1 unspecified atom stereocenters. The van der Waals surface area contributed by atoms with Gasteiger partial charge >= 0.3 is 0 Å². The first-order chi connectivity index (χ1) is 9.13. The Morgan fingerprint density at radius 2 is 2.00 bits per heavy atom. The van der Waals surface area contributed by atoms with Crippen LogP contribution in [0.3, 0.4) is 0 Å². The Balaban J connectivity index is 2.22. The number of aryl methyl sites for hydroxylation is 2. The second-order valence-electron chi connectivity index (χ2n) is 4.73. The van der Waals surface area contributed by atoms with Gasteiger partial charge in [-0.1, -0.05) is 19.1 Å². The normalized spacial score (nSPS) is 12.6. The Labute approximate surface area is 113 Å². The van der Waals surface area contributed by atoms with Crippen LogP contribution in [0.4, 0.5) is 4.39 Å². The number of nitrogens with one attached hydrogen (secondary N) is 1. The quantitative estimate of drug-likeness (QED) is 0.896. The molecule has 0 radical (unpaired) electrons. The van der Waals surface area contributed by atoms with Crippen molar-refractivity contribution in [2.75, 3.05) is 7.05 Å². The molecule has 0 aliphatic rings. The Bertz CT molecular complexity index is 531. The molecule has 0 saturated heterocycles. The molecule has 1 heterocycles. The van der Waals surface area contributed by atoms with Gasteiger partial charge in [0.2, 0.25) is 0 Å². The van der Waals surface area contributed by atoms with Crippen molar-refractivity contribution in [3.8, 4) is 0 Å². The molecule has 1 aromatic carbocycles. The van der Waals surface area contributed by atoms with Crippen molar-refractivity contribution < 1.29 is 4.39 Å². The zero-order valence-electron chi connectivity index (χ0n) is 11.7. The third-order valence-electron chi connectivity index (χ3n) is 3.35. The van der Waals surface area contributed by atoms with E-state index in [0.717, 1.165) is 24.1 Å². The number of hydrogen-bond donors (Lipinski definition) is 1. The molecule has 0 amide bonds. The van der Waals surface area contributed by atoms with E-state index in [1.165, 1.54) is 17.7 Å². The Kier molecular flexibility index (Phi) is 4.32. The standard InChI is InChI=1S/C15H20FN3/c1-4-14-13(10-19(3)18-14)15(17-2)9-11-5-7-12(16)8-6-11/h5-8,10,15,17H,4,9H2,1-3H3. The van der Waals surface area contributed by atoms with E-state index in [1.54, 1.807) is 0 Å². The third kappa shape index (κ3) is 3.20. The molecule has 2 aromatic rings. The molecule has 0 bridgehead atoms. The number of aromatic nitrogens is 2. The highest BCUT2D eigenvalue weighted by Gasteiger charge is 2.16. The summed E-state index contributed by atoms with van der Waals surface area (Å²) >= 11 is 0. The van der Waals surface area contributed by atoms with E-state index < -0.39 is 0 Å². The number of hydrogen-bond acceptors (Lipinski definition) is 2. The highest BCUT2D eigenvalue weighted by molar-refractivity contribution is 5.25. The Hall–Kier alpha value is -1.68. The van der Waals surface area contributed by atoms with Gasteiger partial charge in [-0.3, -0.25) is 4.68 Å². The summed E-state index contributed by atoms with van der Waals surface area (Å²) in [6.45, 7) is 2.11. The molecule has 0 spiro atoms. The lowest BCUT2D eigenvalue weighted by Gasteiger charge is -2.16. The number of benzene rings is 1. The Morgan fingerprint density at radius 1 is 1.32 bits per heavy atom. The van der Waals surface area contributed by atoms with E-state index in [0.29, 0.717) is 0 Å². The summed E-state index contributed by atoms with van der Waals surface area (Å²) in [4.78, 5) is 0. The summed E-state index contributed by atoms with van der Waals surface area (Å²) in [5.74, 6) is -0.194. The van der Waals surface area contributed by atoms with E-state index in [1.807, 2.05) is 30.9 Å². The lowest BCUT2D eigenvalue weighted by molar-refractivity contribution is 0.584. The van der Waals surface area contributed by atoms with Crippen LogP contribution < -0.4 is 5.32 Å². The molecule has 0 fully saturated rings. The second-order valence-corrected chi connectivity index (χ2v) is 4.73. The molecule has 0 saturated carbocycles. The molecular weight excluding hydrogens is 241 g/mol. The van der Waals surface area contributed by atoms with E-state index in [-0.39, 0.29) is 11.9 Å². The van der Waals surface area contributed by atoms with Gasteiger partial charge in [0.25, 0.3) is 0 Å². The first-order valence-electron chi connectivity index (χ1n) is 6.58. The highest BCUT2D eigenvalue weighted by Crippen LogP contribution is 2.21. The van der Waals surface area contributed by atoms with Crippen LogP contribution in [0, 0.1) is 5.82 Å². The molecule has 102 valence electrons. The van der Waals surface area contributed by atoms with Gasteiger partial charge in [-0.2, -0.15) is 5.10 Å². The molecule has 2 rings (SSSR count). The topological polar surface area (TPSA) is 29.9 Å². The summed E-state index contributed by atoms with van der Waals surface area (Å²) in [5.41, 5.74) is 3.45. The fourth-order valence-electron chi connectivity index (χ4n) is 2.34. The zero-order chi connectivity index (χ0) is 13.8. The smallest absolute Gasteiger partial charge is 0.123 e. The molecule has 1 N–H and O–H groups in total. The van der Waals surface area contributed by atoms with Crippen LogP contribution in [0.5, 0.6) is 0 Å². The van der Waals surface area contributed by atoms with Crippen molar-refractivity contribution in [3.05, 3.63) is 53.1 Å². The summed E-state index contributed by atoms with van der Waals surface area (Å²) in [5, 5.41) is 7.79. The molecule has 4 heteroatoms. The molecule has 0 aliphatic heterocycles. The minimum atomic E-state index is -0.194. The van der Waals surface area contributed by atoms with Gasteiger partial charge in [0, 0.05) is 24.8 Å². The van der Waals surface area contributed by atoms with Gasteiger partial charge in [-0.05, 0) is 37.6 Å². The van der Waals surface area contributed by atoms with Crippen molar-refractivity contribution in [2.24, 2.45) is 7.05 Å². The fourth-order valence-corrected chi connectivity index (χ4v) is 2.34. The van der Waals surface area contributed by atoms with E-state index in [2.05, 4.69) is 23.5 Å². The van der Waals surface area contributed by atoms with Crippen LogP contribution >= 0.6 is 0 Å². The van der Waals surface area contributed by atoms with Gasteiger partial charge in [-0.25, -0.2) is 4.39 Å². The van der Waals surface area contributed by atoms with Gasteiger partial charge in [0.1, 0.15) is 5.82 Å². The van der Waals surface area contributed by atoms with Gasteiger partial charge in [0.15, 0.2) is 0 Å².